The SMILES string of the molecule is CC[C@H](C)Oc1cccc([C@@H](C)NCC(C)C)c1. The van der Waals surface area contributed by atoms with E-state index in [4.69, 9.17) is 4.74 Å². The molecule has 0 heterocycles. The van der Waals surface area contributed by atoms with Crippen molar-refractivity contribution in [3.8, 4) is 5.75 Å². The Morgan fingerprint density at radius 2 is 1.89 bits per heavy atom. The third kappa shape index (κ3) is 5.09. The highest BCUT2D eigenvalue weighted by molar-refractivity contribution is 5.30. The number of hydrogen-bond donors (Lipinski definition) is 1. The molecule has 0 aliphatic carbocycles. The molecule has 2 atom stereocenters. The number of nitrogens with one attached hydrogen (secondary N) is 1. The third-order valence-electron chi connectivity index (χ3n) is 3.10. The predicted octanol–water partition coefficient (Wildman–Crippen LogP) is 4.17. The maximum Gasteiger partial charge on any atom is 0.120 e. The van der Waals surface area contributed by atoms with Crippen LogP contribution in [0, 0.1) is 5.92 Å². The lowest BCUT2D eigenvalue weighted by molar-refractivity contribution is 0.217. The lowest BCUT2D eigenvalue weighted by Gasteiger charge is -2.18. The van der Waals surface area contributed by atoms with Gasteiger partial charge in [0, 0.05) is 6.04 Å². The molecule has 0 unspecified atom stereocenters. The number of ether oxygens (including phenoxy) is 1. The van der Waals surface area contributed by atoms with Crippen LogP contribution in [-0.2, 0) is 0 Å². The molecular formula is C16H27NO. The Labute approximate surface area is 112 Å². The Morgan fingerprint density at radius 3 is 2.50 bits per heavy atom. The van der Waals surface area contributed by atoms with Gasteiger partial charge in [-0.1, -0.05) is 32.9 Å². The number of benzene rings is 1. The lowest BCUT2D eigenvalue weighted by atomic mass is 10.1. The summed E-state index contributed by atoms with van der Waals surface area (Å²) < 4.78 is 5.85. The van der Waals surface area contributed by atoms with Crippen LogP contribution in [0.25, 0.3) is 0 Å². The maximum absolute atomic E-state index is 5.85. The van der Waals surface area contributed by atoms with E-state index in [0.717, 1.165) is 18.7 Å². The highest BCUT2D eigenvalue weighted by Gasteiger charge is 2.07. The largest absolute Gasteiger partial charge is 0.491 e. The molecule has 0 aliphatic rings. The summed E-state index contributed by atoms with van der Waals surface area (Å²) in [6.07, 6.45) is 1.31. The van der Waals surface area contributed by atoms with E-state index in [9.17, 15) is 0 Å². The molecular weight excluding hydrogens is 222 g/mol. The Balaban J connectivity index is 2.63. The molecule has 0 aliphatic heterocycles. The van der Waals surface area contributed by atoms with Crippen molar-refractivity contribution in [2.24, 2.45) is 5.92 Å². The Hall–Kier alpha value is -1.02. The van der Waals surface area contributed by atoms with E-state index in [-0.39, 0.29) is 6.10 Å². The average molecular weight is 249 g/mol. The van der Waals surface area contributed by atoms with Crippen molar-refractivity contribution in [3.05, 3.63) is 29.8 Å². The number of hydrogen-bond acceptors (Lipinski definition) is 2. The summed E-state index contributed by atoms with van der Waals surface area (Å²) in [5.41, 5.74) is 1.29. The molecule has 0 saturated heterocycles. The normalized spacial score (nSPS) is 14.6. The molecule has 0 aromatic heterocycles. The van der Waals surface area contributed by atoms with E-state index >= 15 is 0 Å². The van der Waals surface area contributed by atoms with Gasteiger partial charge in [0.15, 0.2) is 0 Å². The first kappa shape index (κ1) is 15.0. The molecule has 0 fully saturated rings. The van der Waals surface area contributed by atoms with Crippen LogP contribution >= 0.6 is 0 Å². The molecule has 1 aromatic carbocycles. The minimum atomic E-state index is 0.277. The Kier molecular flexibility index (Phi) is 6.20. The summed E-state index contributed by atoms with van der Waals surface area (Å²) in [7, 11) is 0. The van der Waals surface area contributed by atoms with Gasteiger partial charge in [-0.05, 0) is 50.4 Å². The fraction of sp³-hybridized carbons (Fsp3) is 0.625. The van der Waals surface area contributed by atoms with Crippen LogP contribution < -0.4 is 10.1 Å². The molecule has 0 bridgehead atoms. The molecule has 18 heavy (non-hydrogen) atoms. The second kappa shape index (κ2) is 7.42. The van der Waals surface area contributed by atoms with Crippen molar-refractivity contribution in [3.63, 3.8) is 0 Å². The lowest BCUT2D eigenvalue weighted by Crippen LogP contribution is -2.23. The minimum absolute atomic E-state index is 0.277. The quantitative estimate of drug-likeness (QED) is 0.783. The number of rotatable bonds is 7. The topological polar surface area (TPSA) is 21.3 Å². The van der Waals surface area contributed by atoms with Crippen LogP contribution in [0.3, 0.4) is 0 Å². The van der Waals surface area contributed by atoms with E-state index in [1.807, 2.05) is 6.07 Å². The minimum Gasteiger partial charge on any atom is -0.491 e. The average Bonchev–Trinajstić information content (AvgIpc) is 2.36. The summed E-state index contributed by atoms with van der Waals surface area (Å²) in [4.78, 5) is 0. The van der Waals surface area contributed by atoms with Crippen molar-refractivity contribution in [2.45, 2.75) is 53.2 Å². The molecule has 1 rings (SSSR count). The van der Waals surface area contributed by atoms with Gasteiger partial charge in [-0.15, -0.1) is 0 Å². The van der Waals surface area contributed by atoms with E-state index in [2.05, 4.69) is 58.1 Å². The zero-order valence-electron chi connectivity index (χ0n) is 12.4. The smallest absolute Gasteiger partial charge is 0.120 e. The third-order valence-corrected chi connectivity index (χ3v) is 3.10. The van der Waals surface area contributed by atoms with Gasteiger partial charge in [0.25, 0.3) is 0 Å². The second-order valence-electron chi connectivity index (χ2n) is 5.43. The first-order valence-electron chi connectivity index (χ1n) is 7.03. The summed E-state index contributed by atoms with van der Waals surface area (Å²) in [6, 6.07) is 8.77. The van der Waals surface area contributed by atoms with E-state index in [0.29, 0.717) is 12.0 Å². The van der Waals surface area contributed by atoms with Crippen LogP contribution in [0.4, 0.5) is 0 Å². The predicted molar refractivity (Wildman–Crippen MR) is 78.1 cm³/mol. The molecule has 0 spiro atoms. The van der Waals surface area contributed by atoms with Crippen LogP contribution in [-0.4, -0.2) is 12.6 Å². The Morgan fingerprint density at radius 1 is 1.17 bits per heavy atom. The van der Waals surface area contributed by atoms with Crippen molar-refractivity contribution in [2.75, 3.05) is 6.54 Å². The fourth-order valence-corrected chi connectivity index (χ4v) is 1.70. The summed E-state index contributed by atoms with van der Waals surface area (Å²) in [5, 5.41) is 3.54. The molecule has 1 N–H and O–H groups in total. The molecule has 0 radical (unpaired) electrons. The summed E-state index contributed by atoms with van der Waals surface area (Å²) in [5.74, 6) is 1.65. The zero-order chi connectivity index (χ0) is 13.5. The van der Waals surface area contributed by atoms with Crippen LogP contribution in [0.1, 0.15) is 52.6 Å². The molecule has 102 valence electrons. The van der Waals surface area contributed by atoms with Gasteiger partial charge in [-0.2, -0.15) is 0 Å². The van der Waals surface area contributed by atoms with E-state index in [1.165, 1.54) is 5.56 Å². The maximum atomic E-state index is 5.85. The summed E-state index contributed by atoms with van der Waals surface area (Å²) >= 11 is 0. The van der Waals surface area contributed by atoms with Gasteiger partial charge >= 0.3 is 0 Å². The highest BCUT2D eigenvalue weighted by Crippen LogP contribution is 2.20. The highest BCUT2D eigenvalue weighted by atomic mass is 16.5. The van der Waals surface area contributed by atoms with Crippen LogP contribution in [0.5, 0.6) is 5.75 Å². The van der Waals surface area contributed by atoms with Crippen molar-refractivity contribution >= 4 is 0 Å². The molecule has 0 saturated carbocycles. The standard InChI is InChI=1S/C16H27NO/c1-6-13(4)18-16-9-7-8-15(10-16)14(5)17-11-12(2)3/h7-10,12-14,17H,6,11H2,1-5H3/t13-,14+/m0/s1. The molecule has 0 amide bonds. The van der Waals surface area contributed by atoms with Crippen molar-refractivity contribution in [1.82, 2.24) is 5.32 Å². The van der Waals surface area contributed by atoms with Gasteiger partial charge in [0.05, 0.1) is 6.10 Å². The Bertz CT molecular complexity index is 349. The zero-order valence-corrected chi connectivity index (χ0v) is 12.4. The first-order valence-corrected chi connectivity index (χ1v) is 7.03. The monoisotopic (exact) mass is 249 g/mol. The van der Waals surface area contributed by atoms with Gasteiger partial charge < -0.3 is 10.1 Å². The molecule has 1 aromatic rings. The van der Waals surface area contributed by atoms with Crippen LogP contribution in [0.15, 0.2) is 24.3 Å². The second-order valence-corrected chi connectivity index (χ2v) is 5.43. The first-order chi connectivity index (χ1) is 8.52. The molecule has 2 heteroatoms. The van der Waals surface area contributed by atoms with E-state index in [1.54, 1.807) is 0 Å². The van der Waals surface area contributed by atoms with Gasteiger partial charge in [-0.25, -0.2) is 0 Å². The van der Waals surface area contributed by atoms with E-state index < -0.39 is 0 Å². The molecule has 2 nitrogen and oxygen atoms in total. The van der Waals surface area contributed by atoms with Crippen molar-refractivity contribution < 1.29 is 4.74 Å². The van der Waals surface area contributed by atoms with Gasteiger partial charge in [-0.3, -0.25) is 0 Å². The van der Waals surface area contributed by atoms with Gasteiger partial charge in [0.1, 0.15) is 5.75 Å². The van der Waals surface area contributed by atoms with Crippen molar-refractivity contribution in [1.29, 1.82) is 0 Å². The van der Waals surface area contributed by atoms with Gasteiger partial charge in [0.2, 0.25) is 0 Å². The fourth-order valence-electron chi connectivity index (χ4n) is 1.70. The van der Waals surface area contributed by atoms with Crippen LogP contribution in [0.2, 0.25) is 0 Å². The summed E-state index contributed by atoms with van der Waals surface area (Å²) in [6.45, 7) is 11.9.